The summed E-state index contributed by atoms with van der Waals surface area (Å²) in [4.78, 5) is 16.0. The Morgan fingerprint density at radius 3 is 2.32 bits per heavy atom. The van der Waals surface area contributed by atoms with E-state index < -0.39 is 0 Å². The van der Waals surface area contributed by atoms with Crippen molar-refractivity contribution in [2.24, 2.45) is 0 Å². The summed E-state index contributed by atoms with van der Waals surface area (Å²) < 4.78 is 9.66. The molecular formula is C26H33NO3S. The van der Waals surface area contributed by atoms with Crippen molar-refractivity contribution in [3.8, 4) is 5.75 Å². The molecule has 2 aromatic carbocycles. The van der Waals surface area contributed by atoms with Crippen LogP contribution < -0.4 is 4.74 Å². The van der Waals surface area contributed by atoms with Crippen LogP contribution in [0.15, 0.2) is 54.0 Å². The summed E-state index contributed by atoms with van der Waals surface area (Å²) in [5, 5.41) is 4.97. The quantitative estimate of drug-likeness (QED) is 0.328. The highest BCUT2D eigenvalue weighted by molar-refractivity contribution is 7.17. The standard InChI is InChI=1S/C22H23NOS.C2H6.2CH2O/c1-3-13-24-21-10-9-20-19(17(21)4-2)11-12-23(20)14-16-15-25-22-8-6-5-7-18(16)22;3*1-2/h5-12,15H,3-4,13-14H2,1-2H3;1-2H3;2*1H2. The number of carbonyl (C=O) groups is 2. The number of rotatable bonds is 6. The first-order valence-corrected chi connectivity index (χ1v) is 11.5. The van der Waals surface area contributed by atoms with E-state index in [9.17, 15) is 0 Å². The minimum Gasteiger partial charge on any atom is -0.493 e. The summed E-state index contributed by atoms with van der Waals surface area (Å²) in [5.41, 5.74) is 4.00. The van der Waals surface area contributed by atoms with Crippen molar-refractivity contribution in [3.63, 3.8) is 0 Å². The van der Waals surface area contributed by atoms with E-state index in [1.807, 2.05) is 38.8 Å². The third-order valence-corrected chi connectivity index (χ3v) is 5.75. The van der Waals surface area contributed by atoms with Crippen molar-refractivity contribution in [2.75, 3.05) is 6.61 Å². The lowest BCUT2D eigenvalue weighted by Crippen LogP contribution is -2.00. The Hall–Kier alpha value is -2.92. The van der Waals surface area contributed by atoms with Crippen LogP contribution in [0.25, 0.3) is 21.0 Å². The van der Waals surface area contributed by atoms with Gasteiger partial charge >= 0.3 is 0 Å². The first kappa shape index (κ1) is 26.1. The molecule has 2 heterocycles. The van der Waals surface area contributed by atoms with Crippen LogP contribution in [0.5, 0.6) is 5.75 Å². The maximum atomic E-state index is 8.00. The van der Waals surface area contributed by atoms with Gasteiger partial charge in [-0.25, -0.2) is 0 Å². The second kappa shape index (κ2) is 14.1. The third kappa shape index (κ3) is 6.05. The van der Waals surface area contributed by atoms with Crippen LogP contribution in [0.4, 0.5) is 0 Å². The predicted molar refractivity (Wildman–Crippen MR) is 134 cm³/mol. The maximum absolute atomic E-state index is 8.00. The lowest BCUT2D eigenvalue weighted by molar-refractivity contribution is -0.0987. The number of hydrogen-bond acceptors (Lipinski definition) is 4. The van der Waals surface area contributed by atoms with E-state index in [0.29, 0.717) is 0 Å². The normalized spacial score (nSPS) is 9.68. The van der Waals surface area contributed by atoms with Gasteiger partial charge in [-0.2, -0.15) is 0 Å². The molecule has 2 aromatic heterocycles. The molecule has 0 saturated carbocycles. The fourth-order valence-corrected chi connectivity index (χ4v) is 4.46. The number of nitrogens with zero attached hydrogens (tertiary/aromatic N) is 1. The van der Waals surface area contributed by atoms with Crippen molar-refractivity contribution >= 4 is 45.9 Å². The monoisotopic (exact) mass is 439 g/mol. The number of benzene rings is 2. The molecule has 4 rings (SSSR count). The average Bonchev–Trinajstić information content (AvgIpc) is 3.46. The number of thiophene rings is 1. The smallest absolute Gasteiger partial charge is 0.123 e. The molecule has 166 valence electrons. The molecule has 0 aliphatic heterocycles. The minimum atomic E-state index is 0.778. The van der Waals surface area contributed by atoms with Gasteiger partial charge < -0.3 is 18.9 Å². The summed E-state index contributed by atoms with van der Waals surface area (Å²) in [7, 11) is 0. The first-order valence-electron chi connectivity index (χ1n) is 10.6. The second-order valence-electron chi connectivity index (χ2n) is 6.38. The molecular weight excluding hydrogens is 406 g/mol. The van der Waals surface area contributed by atoms with Crippen LogP contribution in [0, 0.1) is 0 Å². The van der Waals surface area contributed by atoms with E-state index in [0.717, 1.165) is 31.7 Å². The van der Waals surface area contributed by atoms with Gasteiger partial charge in [0.25, 0.3) is 0 Å². The van der Waals surface area contributed by atoms with Crippen molar-refractivity contribution < 1.29 is 14.3 Å². The molecule has 31 heavy (non-hydrogen) atoms. The van der Waals surface area contributed by atoms with Gasteiger partial charge in [-0.3, -0.25) is 0 Å². The molecule has 4 nitrogen and oxygen atoms in total. The van der Waals surface area contributed by atoms with E-state index in [2.05, 4.69) is 72.5 Å². The van der Waals surface area contributed by atoms with Gasteiger partial charge in [-0.05, 0) is 53.4 Å². The molecule has 0 saturated heterocycles. The lowest BCUT2D eigenvalue weighted by atomic mass is 10.1. The van der Waals surface area contributed by atoms with Gasteiger partial charge in [0.2, 0.25) is 0 Å². The Labute approximate surface area is 189 Å². The van der Waals surface area contributed by atoms with Crippen molar-refractivity contribution in [3.05, 3.63) is 65.2 Å². The highest BCUT2D eigenvalue weighted by Crippen LogP contribution is 2.32. The van der Waals surface area contributed by atoms with Crippen molar-refractivity contribution in [1.29, 1.82) is 0 Å². The van der Waals surface area contributed by atoms with Crippen molar-refractivity contribution in [2.45, 2.75) is 47.1 Å². The van der Waals surface area contributed by atoms with Crippen LogP contribution >= 0.6 is 11.3 Å². The number of aromatic nitrogens is 1. The third-order valence-electron chi connectivity index (χ3n) is 4.74. The van der Waals surface area contributed by atoms with Gasteiger partial charge in [0.05, 0.1) is 6.61 Å². The Morgan fingerprint density at radius 1 is 0.935 bits per heavy atom. The zero-order valence-corrected chi connectivity index (χ0v) is 19.8. The van der Waals surface area contributed by atoms with Gasteiger partial charge in [0.15, 0.2) is 0 Å². The fraction of sp³-hybridized carbons (Fsp3) is 0.308. The van der Waals surface area contributed by atoms with E-state index in [1.165, 1.54) is 32.1 Å². The molecule has 5 heteroatoms. The molecule has 0 spiro atoms. The average molecular weight is 440 g/mol. The summed E-state index contributed by atoms with van der Waals surface area (Å²) in [6.07, 6.45) is 4.23. The van der Waals surface area contributed by atoms with Crippen LogP contribution in [-0.2, 0) is 22.6 Å². The highest BCUT2D eigenvalue weighted by Gasteiger charge is 2.12. The van der Waals surface area contributed by atoms with Gasteiger partial charge in [-0.1, -0.05) is 45.9 Å². The molecule has 4 aromatic rings. The molecule has 0 aliphatic rings. The number of fused-ring (bicyclic) bond motifs is 2. The molecule has 0 fully saturated rings. The van der Waals surface area contributed by atoms with Crippen LogP contribution in [0.1, 0.15) is 45.2 Å². The number of aryl methyl sites for hydroxylation is 1. The zero-order valence-electron chi connectivity index (χ0n) is 19.0. The summed E-state index contributed by atoms with van der Waals surface area (Å²) in [6.45, 7) is 14.0. The Bertz CT molecular complexity index is 1050. The summed E-state index contributed by atoms with van der Waals surface area (Å²) in [5.74, 6) is 1.04. The Kier molecular flexibility index (Phi) is 11.9. The molecule has 0 amide bonds. The summed E-state index contributed by atoms with van der Waals surface area (Å²) >= 11 is 1.83. The number of ether oxygens (including phenoxy) is 1. The minimum absolute atomic E-state index is 0.778. The topological polar surface area (TPSA) is 48.3 Å². The fourth-order valence-electron chi connectivity index (χ4n) is 3.50. The van der Waals surface area contributed by atoms with Crippen LogP contribution in [0.3, 0.4) is 0 Å². The van der Waals surface area contributed by atoms with Gasteiger partial charge in [0, 0.05) is 33.9 Å². The molecule has 0 N–H and O–H groups in total. The molecule has 0 radical (unpaired) electrons. The van der Waals surface area contributed by atoms with Crippen LogP contribution in [0.2, 0.25) is 0 Å². The lowest BCUT2D eigenvalue weighted by Gasteiger charge is -2.12. The highest BCUT2D eigenvalue weighted by atomic mass is 32.1. The Balaban J connectivity index is 0.000000739. The van der Waals surface area contributed by atoms with Gasteiger partial charge in [0.1, 0.15) is 19.3 Å². The maximum Gasteiger partial charge on any atom is 0.123 e. The largest absolute Gasteiger partial charge is 0.493 e. The van der Waals surface area contributed by atoms with E-state index in [1.54, 1.807) is 0 Å². The first-order chi connectivity index (χ1) is 15.3. The molecule has 0 atom stereocenters. The molecule has 0 bridgehead atoms. The predicted octanol–water partition coefficient (Wildman–Crippen LogP) is 6.91. The zero-order chi connectivity index (χ0) is 23.2. The van der Waals surface area contributed by atoms with E-state index in [4.69, 9.17) is 14.3 Å². The molecule has 0 aliphatic carbocycles. The SMILES string of the molecule is C=O.C=O.CC.CCCOc1ccc2c(ccn2Cc2csc3ccccc23)c1CC. The van der Waals surface area contributed by atoms with Crippen LogP contribution in [-0.4, -0.2) is 24.8 Å². The number of carbonyl (C=O) groups excluding carboxylic acids is 2. The van der Waals surface area contributed by atoms with E-state index >= 15 is 0 Å². The van der Waals surface area contributed by atoms with E-state index in [-0.39, 0.29) is 0 Å². The van der Waals surface area contributed by atoms with Gasteiger partial charge in [-0.15, -0.1) is 11.3 Å². The Morgan fingerprint density at radius 2 is 1.65 bits per heavy atom. The summed E-state index contributed by atoms with van der Waals surface area (Å²) in [6, 6.07) is 15.2. The number of hydrogen-bond donors (Lipinski definition) is 0. The second-order valence-corrected chi connectivity index (χ2v) is 7.29. The molecule has 0 unspecified atom stereocenters. The van der Waals surface area contributed by atoms with Crippen molar-refractivity contribution in [1.82, 2.24) is 4.57 Å².